The highest BCUT2D eigenvalue weighted by Crippen LogP contribution is 2.65. The molecule has 1 aliphatic carbocycles. The molecule has 0 bridgehead atoms. The van der Waals surface area contributed by atoms with E-state index in [1.165, 1.54) is 0 Å². The number of fused-ring (bicyclic) bond motifs is 1. The smallest absolute Gasteiger partial charge is 0.254 e. The van der Waals surface area contributed by atoms with E-state index < -0.39 is 11.3 Å². The fourth-order valence-electron chi connectivity index (χ4n) is 3.19. The van der Waals surface area contributed by atoms with Crippen LogP contribution in [0.4, 0.5) is 14.6 Å². The Bertz CT molecular complexity index is 663. The lowest BCUT2D eigenvalue weighted by atomic mass is 9.93. The summed E-state index contributed by atoms with van der Waals surface area (Å²) in [5.74, 6) is -1.64. The van der Waals surface area contributed by atoms with Gasteiger partial charge < -0.3 is 4.90 Å². The minimum absolute atomic E-state index is 0.0667. The number of aromatic nitrogens is 2. The topological polar surface area (TPSA) is 29.0 Å². The second kappa shape index (κ2) is 3.87. The molecule has 1 aromatic carbocycles. The van der Waals surface area contributed by atoms with Crippen molar-refractivity contribution in [2.24, 2.45) is 5.41 Å². The van der Waals surface area contributed by atoms with Gasteiger partial charge in [-0.2, -0.15) is 0 Å². The van der Waals surface area contributed by atoms with Gasteiger partial charge in [-0.25, -0.2) is 13.8 Å². The van der Waals surface area contributed by atoms with Gasteiger partial charge in [-0.3, -0.25) is 4.98 Å². The molecule has 0 amide bonds. The lowest BCUT2D eigenvalue weighted by Gasteiger charge is -2.32. The van der Waals surface area contributed by atoms with Gasteiger partial charge in [-0.1, -0.05) is 12.1 Å². The molecule has 1 saturated heterocycles. The van der Waals surface area contributed by atoms with E-state index in [1.54, 1.807) is 6.20 Å². The molecule has 5 heteroatoms. The average Bonchev–Trinajstić information content (AvgIpc) is 2.99. The van der Waals surface area contributed by atoms with Crippen molar-refractivity contribution in [2.45, 2.75) is 25.2 Å². The Balaban J connectivity index is 1.56. The molecule has 1 spiro atoms. The molecule has 3 nitrogen and oxygen atoms in total. The Hall–Kier alpha value is -1.78. The summed E-state index contributed by atoms with van der Waals surface area (Å²) in [4.78, 5) is 11.0. The number of hydrogen-bond donors (Lipinski definition) is 0. The lowest BCUT2D eigenvalue weighted by molar-refractivity contribution is 0.0536. The van der Waals surface area contributed by atoms with Crippen LogP contribution in [0.3, 0.4) is 0 Å². The number of benzene rings is 1. The molecule has 0 N–H and O–H groups in total. The maximum absolute atomic E-state index is 13.4. The largest absolute Gasteiger partial charge is 0.355 e. The van der Waals surface area contributed by atoms with Crippen LogP contribution in [-0.4, -0.2) is 29.0 Å². The van der Waals surface area contributed by atoms with Crippen LogP contribution in [-0.2, 0) is 0 Å². The van der Waals surface area contributed by atoms with Crippen LogP contribution in [0.1, 0.15) is 19.3 Å². The van der Waals surface area contributed by atoms with Crippen molar-refractivity contribution in [3.63, 3.8) is 0 Å². The van der Waals surface area contributed by atoms with Gasteiger partial charge in [0.05, 0.1) is 17.2 Å². The normalized spacial score (nSPS) is 23.2. The van der Waals surface area contributed by atoms with Crippen LogP contribution >= 0.6 is 0 Å². The third-order valence-electron chi connectivity index (χ3n) is 4.69. The monoisotopic (exact) mass is 275 g/mol. The molecule has 4 rings (SSSR count). The quantitative estimate of drug-likeness (QED) is 0.800. The molecular formula is C15H15F2N3. The predicted octanol–water partition coefficient (Wildman–Crippen LogP) is 3.26. The van der Waals surface area contributed by atoms with Gasteiger partial charge in [0.2, 0.25) is 0 Å². The minimum Gasteiger partial charge on any atom is -0.355 e. The predicted molar refractivity (Wildman–Crippen MR) is 73.0 cm³/mol. The summed E-state index contributed by atoms with van der Waals surface area (Å²) in [5.41, 5.74) is 0.994. The summed E-state index contributed by atoms with van der Waals surface area (Å²) in [5, 5.41) is 0. The number of para-hydroxylation sites is 2. The van der Waals surface area contributed by atoms with Crippen LogP contribution in [0.5, 0.6) is 0 Å². The summed E-state index contributed by atoms with van der Waals surface area (Å²) in [6.45, 7) is 1.28. The second-order valence-corrected chi connectivity index (χ2v) is 5.87. The first-order valence-electron chi connectivity index (χ1n) is 6.94. The van der Waals surface area contributed by atoms with E-state index in [4.69, 9.17) is 0 Å². The maximum atomic E-state index is 13.4. The fraction of sp³-hybridized carbons (Fsp3) is 0.467. The number of piperidine rings is 1. The van der Waals surface area contributed by atoms with E-state index in [1.807, 2.05) is 24.3 Å². The van der Waals surface area contributed by atoms with Crippen LogP contribution in [0, 0.1) is 5.41 Å². The molecule has 1 aromatic heterocycles. The Morgan fingerprint density at radius 2 is 1.70 bits per heavy atom. The standard InChI is InChI=1S/C15H15F2N3/c16-15(17)10-14(15)5-7-20(8-6-14)13-9-18-11-3-1-2-4-12(11)19-13/h1-4,9H,5-8,10H2. The molecule has 1 aliphatic heterocycles. The first-order chi connectivity index (χ1) is 9.60. The van der Waals surface area contributed by atoms with Gasteiger partial charge >= 0.3 is 0 Å². The SMILES string of the molecule is FC1(F)CC12CCN(c1cnc3ccccc3n1)CC2. The Kier molecular flexibility index (Phi) is 2.32. The van der Waals surface area contributed by atoms with E-state index in [2.05, 4.69) is 14.9 Å². The van der Waals surface area contributed by atoms with Crippen molar-refractivity contribution < 1.29 is 8.78 Å². The molecule has 1 saturated carbocycles. The molecule has 0 atom stereocenters. The molecule has 20 heavy (non-hydrogen) atoms. The van der Waals surface area contributed by atoms with Crippen LogP contribution in [0.2, 0.25) is 0 Å². The van der Waals surface area contributed by atoms with Crippen LogP contribution in [0.15, 0.2) is 30.5 Å². The first-order valence-corrected chi connectivity index (χ1v) is 6.94. The Labute approximate surface area is 115 Å². The second-order valence-electron chi connectivity index (χ2n) is 5.87. The van der Waals surface area contributed by atoms with Crippen molar-refractivity contribution >= 4 is 16.9 Å². The number of halogens is 2. The minimum atomic E-state index is -2.44. The van der Waals surface area contributed by atoms with Gasteiger partial charge in [0, 0.05) is 24.9 Å². The van der Waals surface area contributed by atoms with Crippen molar-refractivity contribution in [2.75, 3.05) is 18.0 Å². The fourth-order valence-corrected chi connectivity index (χ4v) is 3.19. The van der Waals surface area contributed by atoms with Crippen LogP contribution < -0.4 is 4.90 Å². The molecule has 2 fully saturated rings. The molecule has 2 aromatic rings. The zero-order chi connectivity index (χ0) is 13.8. The number of alkyl halides is 2. The zero-order valence-electron chi connectivity index (χ0n) is 11.0. The van der Waals surface area contributed by atoms with E-state index >= 15 is 0 Å². The van der Waals surface area contributed by atoms with Gasteiger partial charge in [-0.05, 0) is 25.0 Å². The number of hydrogen-bond acceptors (Lipinski definition) is 3. The van der Waals surface area contributed by atoms with Gasteiger partial charge in [-0.15, -0.1) is 0 Å². The molecular weight excluding hydrogens is 260 g/mol. The highest BCUT2D eigenvalue weighted by molar-refractivity contribution is 5.75. The summed E-state index contributed by atoms with van der Waals surface area (Å²) in [6, 6.07) is 7.70. The van der Waals surface area contributed by atoms with Crippen LogP contribution in [0.25, 0.3) is 11.0 Å². The summed E-state index contributed by atoms with van der Waals surface area (Å²) >= 11 is 0. The molecule has 2 heterocycles. The van der Waals surface area contributed by atoms with Crippen molar-refractivity contribution in [1.29, 1.82) is 0 Å². The van der Waals surface area contributed by atoms with E-state index in [9.17, 15) is 8.78 Å². The molecule has 0 radical (unpaired) electrons. The maximum Gasteiger partial charge on any atom is 0.254 e. The lowest BCUT2D eigenvalue weighted by Crippen LogP contribution is -2.37. The number of nitrogens with zero attached hydrogens (tertiary/aromatic N) is 3. The summed E-state index contributed by atoms with van der Waals surface area (Å²) in [6.07, 6.45) is 2.91. The summed E-state index contributed by atoms with van der Waals surface area (Å²) in [7, 11) is 0. The Morgan fingerprint density at radius 1 is 1.05 bits per heavy atom. The Morgan fingerprint density at radius 3 is 2.35 bits per heavy atom. The molecule has 0 unspecified atom stereocenters. The molecule has 2 aliphatic rings. The highest BCUT2D eigenvalue weighted by atomic mass is 19.3. The van der Waals surface area contributed by atoms with Crippen molar-refractivity contribution in [3.05, 3.63) is 30.5 Å². The highest BCUT2D eigenvalue weighted by Gasteiger charge is 2.70. The third kappa shape index (κ3) is 1.69. The van der Waals surface area contributed by atoms with Crippen molar-refractivity contribution in [3.8, 4) is 0 Å². The third-order valence-corrected chi connectivity index (χ3v) is 4.69. The number of anilines is 1. The number of rotatable bonds is 1. The molecule has 104 valence electrons. The van der Waals surface area contributed by atoms with Crippen molar-refractivity contribution in [1.82, 2.24) is 9.97 Å². The first kappa shape index (κ1) is 12.0. The average molecular weight is 275 g/mol. The zero-order valence-corrected chi connectivity index (χ0v) is 11.0. The van der Waals surface area contributed by atoms with Gasteiger partial charge in [0.1, 0.15) is 5.82 Å². The van der Waals surface area contributed by atoms with E-state index in [-0.39, 0.29) is 6.42 Å². The summed E-state index contributed by atoms with van der Waals surface area (Å²) < 4.78 is 26.7. The van der Waals surface area contributed by atoms with E-state index in [0.29, 0.717) is 25.9 Å². The van der Waals surface area contributed by atoms with E-state index in [0.717, 1.165) is 16.9 Å². The van der Waals surface area contributed by atoms with Gasteiger partial charge in [0.15, 0.2) is 0 Å². The van der Waals surface area contributed by atoms with Gasteiger partial charge in [0.25, 0.3) is 5.92 Å².